The third-order valence-electron chi connectivity index (χ3n) is 3.81. The zero-order valence-corrected chi connectivity index (χ0v) is 16.1. The number of hydrogen-bond donors (Lipinski definition) is 1. The van der Waals surface area contributed by atoms with Gasteiger partial charge < -0.3 is 19.9 Å². The molecule has 0 atom stereocenters. The Bertz CT molecular complexity index is 688. The lowest BCUT2D eigenvalue weighted by Gasteiger charge is -2.22. The van der Waals surface area contributed by atoms with Crippen molar-refractivity contribution in [2.75, 3.05) is 45.7 Å². The summed E-state index contributed by atoms with van der Waals surface area (Å²) in [5.41, 5.74) is 1.13. The molecule has 2 rings (SSSR count). The standard InChI is InChI=1S/C20H29N5O/c1-5-21-20(23-16-17-11-12-22-19(15-17)24(2)3)25(4)13-14-26-18-9-7-6-8-10-18/h6-12,15H,5,13-14,16H2,1-4H3,(H,21,23). The van der Waals surface area contributed by atoms with E-state index in [0.717, 1.165) is 36.2 Å². The van der Waals surface area contributed by atoms with Crippen LogP contribution in [-0.4, -0.2) is 56.7 Å². The van der Waals surface area contributed by atoms with Crippen LogP contribution >= 0.6 is 0 Å². The second-order valence-corrected chi connectivity index (χ2v) is 6.17. The molecule has 2 aromatic rings. The third kappa shape index (κ3) is 6.27. The van der Waals surface area contributed by atoms with Gasteiger partial charge in [-0.2, -0.15) is 0 Å². The molecule has 1 aromatic carbocycles. The van der Waals surface area contributed by atoms with E-state index >= 15 is 0 Å². The van der Waals surface area contributed by atoms with Gasteiger partial charge in [-0.15, -0.1) is 0 Å². The molecule has 26 heavy (non-hydrogen) atoms. The maximum absolute atomic E-state index is 5.77. The van der Waals surface area contributed by atoms with Crippen LogP contribution in [0.3, 0.4) is 0 Å². The van der Waals surface area contributed by atoms with Gasteiger partial charge in [0.2, 0.25) is 0 Å². The second kappa shape index (κ2) is 10.3. The summed E-state index contributed by atoms with van der Waals surface area (Å²) >= 11 is 0. The van der Waals surface area contributed by atoms with E-state index in [1.165, 1.54) is 0 Å². The quantitative estimate of drug-likeness (QED) is 0.583. The van der Waals surface area contributed by atoms with Crippen molar-refractivity contribution in [1.29, 1.82) is 0 Å². The zero-order chi connectivity index (χ0) is 18.8. The Labute approximate surface area is 156 Å². The first-order valence-electron chi connectivity index (χ1n) is 8.89. The van der Waals surface area contributed by atoms with E-state index in [4.69, 9.17) is 9.73 Å². The Morgan fingerprint density at radius 3 is 2.62 bits per heavy atom. The molecule has 0 aliphatic heterocycles. The molecule has 0 spiro atoms. The molecule has 0 aliphatic rings. The van der Waals surface area contributed by atoms with E-state index in [1.54, 1.807) is 0 Å². The molecule has 6 nitrogen and oxygen atoms in total. The minimum Gasteiger partial charge on any atom is -0.492 e. The maximum atomic E-state index is 5.77. The number of para-hydroxylation sites is 1. The van der Waals surface area contributed by atoms with Crippen molar-refractivity contribution < 1.29 is 4.74 Å². The molecular formula is C20H29N5O. The number of benzene rings is 1. The normalized spacial score (nSPS) is 11.2. The highest BCUT2D eigenvalue weighted by Crippen LogP contribution is 2.11. The van der Waals surface area contributed by atoms with Crippen LogP contribution in [-0.2, 0) is 6.54 Å². The monoisotopic (exact) mass is 355 g/mol. The van der Waals surface area contributed by atoms with Crippen LogP contribution in [0.25, 0.3) is 0 Å². The van der Waals surface area contributed by atoms with E-state index in [9.17, 15) is 0 Å². The van der Waals surface area contributed by atoms with Crippen molar-refractivity contribution in [1.82, 2.24) is 15.2 Å². The van der Waals surface area contributed by atoms with Crippen molar-refractivity contribution in [3.8, 4) is 5.75 Å². The van der Waals surface area contributed by atoms with Gasteiger partial charge in [-0.1, -0.05) is 18.2 Å². The lowest BCUT2D eigenvalue weighted by Crippen LogP contribution is -2.40. The summed E-state index contributed by atoms with van der Waals surface area (Å²) in [6.45, 7) is 4.85. The molecule has 1 heterocycles. The van der Waals surface area contributed by atoms with E-state index in [0.29, 0.717) is 13.2 Å². The van der Waals surface area contributed by atoms with E-state index in [1.807, 2.05) is 68.6 Å². The van der Waals surface area contributed by atoms with Crippen LogP contribution in [0.4, 0.5) is 5.82 Å². The Hall–Kier alpha value is -2.76. The summed E-state index contributed by atoms with van der Waals surface area (Å²) in [6.07, 6.45) is 1.82. The Morgan fingerprint density at radius 1 is 1.15 bits per heavy atom. The maximum Gasteiger partial charge on any atom is 0.194 e. The molecule has 0 bridgehead atoms. The summed E-state index contributed by atoms with van der Waals surface area (Å²) in [4.78, 5) is 13.2. The van der Waals surface area contributed by atoms with E-state index in [2.05, 4.69) is 28.2 Å². The molecular weight excluding hydrogens is 326 g/mol. The Kier molecular flexibility index (Phi) is 7.74. The number of guanidine groups is 1. The first-order valence-corrected chi connectivity index (χ1v) is 8.89. The molecule has 140 valence electrons. The Morgan fingerprint density at radius 2 is 1.92 bits per heavy atom. The van der Waals surface area contributed by atoms with E-state index < -0.39 is 0 Å². The van der Waals surface area contributed by atoms with Gasteiger partial charge in [-0.05, 0) is 36.8 Å². The molecule has 1 N–H and O–H groups in total. The van der Waals surface area contributed by atoms with Crippen LogP contribution in [0, 0.1) is 0 Å². The predicted octanol–water partition coefficient (Wildman–Crippen LogP) is 2.62. The highest BCUT2D eigenvalue weighted by Gasteiger charge is 2.06. The van der Waals surface area contributed by atoms with Crippen LogP contribution < -0.4 is 15.0 Å². The first kappa shape index (κ1) is 19.6. The number of anilines is 1. The number of hydrogen-bond acceptors (Lipinski definition) is 4. The lowest BCUT2D eigenvalue weighted by molar-refractivity contribution is 0.281. The highest BCUT2D eigenvalue weighted by atomic mass is 16.5. The van der Waals surface area contributed by atoms with Gasteiger partial charge in [0.05, 0.1) is 13.1 Å². The zero-order valence-electron chi connectivity index (χ0n) is 16.1. The van der Waals surface area contributed by atoms with Crippen LogP contribution in [0.5, 0.6) is 5.75 Å². The second-order valence-electron chi connectivity index (χ2n) is 6.17. The number of rotatable bonds is 8. The first-order chi connectivity index (χ1) is 12.6. The van der Waals surface area contributed by atoms with Crippen molar-refractivity contribution in [3.05, 3.63) is 54.2 Å². The van der Waals surface area contributed by atoms with Gasteiger partial charge in [-0.25, -0.2) is 9.98 Å². The third-order valence-corrected chi connectivity index (χ3v) is 3.81. The summed E-state index contributed by atoms with van der Waals surface area (Å²) in [6, 6.07) is 13.9. The number of aromatic nitrogens is 1. The molecule has 0 aliphatic carbocycles. The van der Waals surface area contributed by atoms with Gasteiger partial charge in [0.25, 0.3) is 0 Å². The fraction of sp³-hybridized carbons (Fsp3) is 0.400. The average Bonchev–Trinajstić information content (AvgIpc) is 2.66. The van der Waals surface area contributed by atoms with Crippen molar-refractivity contribution >= 4 is 11.8 Å². The summed E-state index contributed by atoms with van der Waals surface area (Å²) < 4.78 is 5.77. The number of pyridine rings is 1. The summed E-state index contributed by atoms with van der Waals surface area (Å²) in [7, 11) is 5.99. The van der Waals surface area contributed by atoms with Crippen LogP contribution in [0.1, 0.15) is 12.5 Å². The molecule has 0 radical (unpaired) electrons. The van der Waals surface area contributed by atoms with Gasteiger partial charge in [0.1, 0.15) is 18.2 Å². The number of nitrogens with one attached hydrogen (secondary N) is 1. The van der Waals surface area contributed by atoms with E-state index in [-0.39, 0.29) is 0 Å². The van der Waals surface area contributed by atoms with Crippen molar-refractivity contribution in [2.45, 2.75) is 13.5 Å². The molecule has 0 amide bonds. The predicted molar refractivity (Wildman–Crippen MR) is 108 cm³/mol. The fourth-order valence-electron chi connectivity index (χ4n) is 2.36. The fourth-order valence-corrected chi connectivity index (χ4v) is 2.36. The lowest BCUT2D eigenvalue weighted by atomic mass is 10.2. The largest absolute Gasteiger partial charge is 0.492 e. The van der Waals surface area contributed by atoms with Gasteiger partial charge in [-0.3, -0.25) is 0 Å². The van der Waals surface area contributed by atoms with Crippen LogP contribution in [0.15, 0.2) is 53.7 Å². The molecule has 0 fully saturated rings. The summed E-state index contributed by atoms with van der Waals surface area (Å²) in [5.74, 6) is 2.69. The number of ether oxygens (including phenoxy) is 1. The highest BCUT2D eigenvalue weighted by molar-refractivity contribution is 5.79. The SMILES string of the molecule is CCNC(=NCc1ccnc(N(C)C)c1)N(C)CCOc1ccccc1. The van der Waals surface area contributed by atoms with Crippen LogP contribution in [0.2, 0.25) is 0 Å². The van der Waals surface area contributed by atoms with Gasteiger partial charge in [0, 0.05) is 33.9 Å². The summed E-state index contributed by atoms with van der Waals surface area (Å²) in [5, 5.41) is 3.33. The minimum absolute atomic E-state index is 0.602. The number of aliphatic imine (C=N–C) groups is 1. The van der Waals surface area contributed by atoms with Crippen molar-refractivity contribution in [3.63, 3.8) is 0 Å². The molecule has 6 heteroatoms. The molecule has 0 saturated carbocycles. The molecule has 1 aromatic heterocycles. The van der Waals surface area contributed by atoms with Gasteiger partial charge in [0.15, 0.2) is 5.96 Å². The Balaban J connectivity index is 1.93. The molecule has 0 unspecified atom stereocenters. The smallest absolute Gasteiger partial charge is 0.194 e. The minimum atomic E-state index is 0.602. The average molecular weight is 355 g/mol. The number of nitrogens with zero attached hydrogens (tertiary/aromatic N) is 4. The molecule has 0 saturated heterocycles. The topological polar surface area (TPSA) is 53.0 Å². The van der Waals surface area contributed by atoms with Crippen molar-refractivity contribution in [2.24, 2.45) is 4.99 Å². The number of likely N-dealkylation sites (N-methyl/N-ethyl adjacent to an activating group) is 1. The van der Waals surface area contributed by atoms with Gasteiger partial charge >= 0.3 is 0 Å².